The Morgan fingerprint density at radius 2 is 1.76 bits per heavy atom. The lowest BCUT2D eigenvalue weighted by Gasteiger charge is -2.37. The number of Topliss-reactive ketones (excluding diaryl/α,β-unsaturated/α-hetero) is 1. The molecule has 0 spiro atoms. The van der Waals surface area contributed by atoms with Gasteiger partial charge in [0.15, 0.2) is 5.78 Å². The summed E-state index contributed by atoms with van der Waals surface area (Å²) in [6.07, 6.45) is 4.95. The predicted molar refractivity (Wildman–Crippen MR) is 86.2 cm³/mol. The minimum absolute atomic E-state index is 0.213. The fourth-order valence-corrected chi connectivity index (χ4v) is 3.12. The molecule has 0 aromatic heterocycles. The van der Waals surface area contributed by atoms with E-state index < -0.39 is 5.54 Å². The zero-order chi connectivity index (χ0) is 15.5. The van der Waals surface area contributed by atoms with Gasteiger partial charge >= 0.3 is 0 Å². The minimum atomic E-state index is -0.441. The lowest BCUT2D eigenvalue weighted by atomic mass is 9.88. The lowest BCUT2D eigenvalue weighted by Crippen LogP contribution is -2.50. The van der Waals surface area contributed by atoms with Crippen molar-refractivity contribution in [2.45, 2.75) is 52.0 Å². The summed E-state index contributed by atoms with van der Waals surface area (Å²) >= 11 is 0. The van der Waals surface area contributed by atoms with Crippen molar-refractivity contribution in [2.75, 3.05) is 20.2 Å². The zero-order valence-electron chi connectivity index (χ0n) is 13.7. The first-order valence-electron chi connectivity index (χ1n) is 7.91. The average molecular weight is 289 g/mol. The summed E-state index contributed by atoms with van der Waals surface area (Å²) in [4.78, 5) is 15.4. The molecule has 1 heterocycles. The van der Waals surface area contributed by atoms with Gasteiger partial charge in [-0.25, -0.2) is 0 Å². The van der Waals surface area contributed by atoms with Crippen molar-refractivity contribution < 1.29 is 9.53 Å². The summed E-state index contributed by atoms with van der Waals surface area (Å²) in [5, 5.41) is 0. The standard InChI is InChI=1S/C18H27NO2/c1-14-13-15(21-4)9-10-16(14)17(20)18(2,3)19-11-7-5-6-8-12-19/h9-10,13H,5-8,11-12H2,1-4H3. The Hall–Kier alpha value is -1.35. The van der Waals surface area contributed by atoms with E-state index in [1.54, 1.807) is 7.11 Å². The van der Waals surface area contributed by atoms with E-state index in [0.717, 1.165) is 30.0 Å². The van der Waals surface area contributed by atoms with Crippen LogP contribution >= 0.6 is 0 Å². The van der Waals surface area contributed by atoms with Crippen molar-refractivity contribution in [3.63, 3.8) is 0 Å². The molecule has 0 radical (unpaired) electrons. The SMILES string of the molecule is COc1ccc(C(=O)C(C)(C)N2CCCCCC2)c(C)c1. The molecule has 0 saturated carbocycles. The molecule has 2 rings (SSSR count). The van der Waals surface area contributed by atoms with Crippen LogP contribution in [0.2, 0.25) is 0 Å². The molecule has 0 N–H and O–H groups in total. The third-order valence-electron chi connectivity index (χ3n) is 4.63. The number of likely N-dealkylation sites (tertiary alicyclic amines) is 1. The van der Waals surface area contributed by atoms with Gasteiger partial charge in [0.05, 0.1) is 12.6 Å². The van der Waals surface area contributed by atoms with Crippen molar-refractivity contribution in [1.29, 1.82) is 0 Å². The Labute approximate surface area is 128 Å². The van der Waals surface area contributed by atoms with E-state index >= 15 is 0 Å². The second kappa shape index (κ2) is 6.61. The van der Waals surface area contributed by atoms with E-state index in [0.29, 0.717) is 0 Å². The number of hydrogen-bond acceptors (Lipinski definition) is 3. The number of carbonyl (C=O) groups excluding carboxylic acids is 1. The molecule has 1 aliphatic heterocycles. The Bertz CT molecular complexity index is 500. The monoisotopic (exact) mass is 289 g/mol. The molecule has 0 bridgehead atoms. The van der Waals surface area contributed by atoms with E-state index in [1.807, 2.05) is 25.1 Å². The molecular weight excluding hydrogens is 262 g/mol. The van der Waals surface area contributed by atoms with Crippen LogP contribution in [0.1, 0.15) is 55.5 Å². The number of aryl methyl sites for hydroxylation is 1. The summed E-state index contributed by atoms with van der Waals surface area (Å²) in [5.74, 6) is 1.01. The molecule has 0 atom stereocenters. The van der Waals surface area contributed by atoms with Crippen molar-refractivity contribution in [2.24, 2.45) is 0 Å². The highest BCUT2D eigenvalue weighted by atomic mass is 16.5. The molecule has 1 saturated heterocycles. The number of carbonyl (C=O) groups is 1. The van der Waals surface area contributed by atoms with E-state index in [-0.39, 0.29) is 5.78 Å². The van der Waals surface area contributed by atoms with E-state index in [9.17, 15) is 4.79 Å². The number of ketones is 1. The first-order valence-corrected chi connectivity index (χ1v) is 7.91. The Balaban J connectivity index is 2.24. The second-order valence-corrected chi connectivity index (χ2v) is 6.47. The van der Waals surface area contributed by atoms with Crippen LogP contribution in [0.5, 0.6) is 5.75 Å². The van der Waals surface area contributed by atoms with Gasteiger partial charge < -0.3 is 4.74 Å². The molecule has 3 heteroatoms. The molecule has 1 aliphatic rings. The van der Waals surface area contributed by atoms with Crippen LogP contribution in [-0.2, 0) is 0 Å². The normalized spacial score (nSPS) is 17.3. The third-order valence-corrected chi connectivity index (χ3v) is 4.63. The molecule has 1 aromatic rings. The molecule has 3 nitrogen and oxygen atoms in total. The van der Waals surface area contributed by atoms with Crippen molar-refractivity contribution in [1.82, 2.24) is 4.90 Å². The van der Waals surface area contributed by atoms with Crippen LogP contribution in [0.25, 0.3) is 0 Å². The number of rotatable bonds is 4. The number of nitrogens with zero attached hydrogens (tertiary/aromatic N) is 1. The van der Waals surface area contributed by atoms with Gasteiger partial charge in [0.1, 0.15) is 5.75 Å². The summed E-state index contributed by atoms with van der Waals surface area (Å²) in [6, 6.07) is 5.71. The highest BCUT2D eigenvalue weighted by molar-refractivity contribution is 6.03. The van der Waals surface area contributed by atoms with Crippen molar-refractivity contribution in [3.05, 3.63) is 29.3 Å². The third kappa shape index (κ3) is 3.46. The Kier molecular flexibility index (Phi) is 5.04. The van der Waals surface area contributed by atoms with Crippen LogP contribution in [-0.4, -0.2) is 36.4 Å². The topological polar surface area (TPSA) is 29.5 Å². The number of ether oxygens (including phenoxy) is 1. The van der Waals surface area contributed by atoms with Crippen molar-refractivity contribution >= 4 is 5.78 Å². The maximum Gasteiger partial charge on any atom is 0.182 e. The summed E-state index contributed by atoms with van der Waals surface area (Å²) in [6.45, 7) is 8.14. The molecule has 21 heavy (non-hydrogen) atoms. The smallest absolute Gasteiger partial charge is 0.182 e. The highest BCUT2D eigenvalue weighted by Crippen LogP contribution is 2.27. The van der Waals surface area contributed by atoms with E-state index in [2.05, 4.69) is 18.7 Å². The largest absolute Gasteiger partial charge is 0.497 e. The van der Waals surface area contributed by atoms with Crippen LogP contribution in [0.15, 0.2) is 18.2 Å². The molecular formula is C18H27NO2. The number of hydrogen-bond donors (Lipinski definition) is 0. The Morgan fingerprint density at radius 1 is 1.14 bits per heavy atom. The summed E-state index contributed by atoms with van der Waals surface area (Å²) in [5.41, 5.74) is 1.36. The van der Waals surface area contributed by atoms with Gasteiger partial charge in [0.25, 0.3) is 0 Å². The molecule has 0 unspecified atom stereocenters. The zero-order valence-corrected chi connectivity index (χ0v) is 13.7. The summed E-state index contributed by atoms with van der Waals surface area (Å²) < 4.78 is 5.23. The Morgan fingerprint density at radius 3 is 2.29 bits per heavy atom. The molecule has 1 aromatic carbocycles. The number of benzene rings is 1. The van der Waals surface area contributed by atoms with Gasteiger partial charge in [-0.05, 0) is 70.5 Å². The van der Waals surface area contributed by atoms with E-state index in [4.69, 9.17) is 4.74 Å². The van der Waals surface area contributed by atoms with Gasteiger partial charge in [-0.15, -0.1) is 0 Å². The maximum atomic E-state index is 13.0. The first kappa shape index (κ1) is 16.0. The summed E-state index contributed by atoms with van der Waals surface area (Å²) in [7, 11) is 1.65. The van der Waals surface area contributed by atoms with Crippen LogP contribution in [0.3, 0.4) is 0 Å². The lowest BCUT2D eigenvalue weighted by molar-refractivity contribution is 0.0649. The van der Waals surface area contributed by atoms with Gasteiger partial charge in [-0.1, -0.05) is 12.8 Å². The van der Waals surface area contributed by atoms with Gasteiger partial charge in [0, 0.05) is 5.56 Å². The minimum Gasteiger partial charge on any atom is -0.497 e. The first-order chi connectivity index (χ1) is 9.96. The fraction of sp³-hybridized carbons (Fsp3) is 0.611. The van der Waals surface area contributed by atoms with Gasteiger partial charge in [0.2, 0.25) is 0 Å². The average Bonchev–Trinajstić information content (AvgIpc) is 2.76. The molecule has 0 aliphatic carbocycles. The van der Waals surface area contributed by atoms with Gasteiger partial charge in [-0.2, -0.15) is 0 Å². The predicted octanol–water partition coefficient (Wildman–Crippen LogP) is 3.84. The quantitative estimate of drug-likeness (QED) is 0.789. The van der Waals surface area contributed by atoms with Crippen LogP contribution in [0, 0.1) is 6.92 Å². The van der Waals surface area contributed by atoms with Gasteiger partial charge in [-0.3, -0.25) is 9.69 Å². The van der Waals surface area contributed by atoms with E-state index in [1.165, 1.54) is 25.7 Å². The second-order valence-electron chi connectivity index (χ2n) is 6.47. The highest BCUT2D eigenvalue weighted by Gasteiger charge is 2.35. The van der Waals surface area contributed by atoms with Crippen LogP contribution in [0.4, 0.5) is 0 Å². The maximum absolute atomic E-state index is 13.0. The van der Waals surface area contributed by atoms with Crippen molar-refractivity contribution in [3.8, 4) is 5.75 Å². The molecule has 0 amide bonds. The molecule has 116 valence electrons. The molecule has 1 fully saturated rings. The number of methoxy groups -OCH3 is 1. The fourth-order valence-electron chi connectivity index (χ4n) is 3.12. The van der Waals surface area contributed by atoms with Crippen LogP contribution < -0.4 is 4.74 Å².